The van der Waals surface area contributed by atoms with E-state index in [1.54, 1.807) is 35.6 Å². The number of esters is 1. The molecule has 1 N–H and O–H groups in total. The van der Waals surface area contributed by atoms with Gasteiger partial charge in [-0.15, -0.1) is 11.3 Å². The number of benzene rings is 1. The number of anilines is 1. The second-order valence-electron chi connectivity index (χ2n) is 5.97. The van der Waals surface area contributed by atoms with Crippen LogP contribution in [-0.4, -0.2) is 49.3 Å². The number of hydrogen-bond donors (Lipinski definition) is 1. The number of aromatic nitrogens is 1. The van der Waals surface area contributed by atoms with Crippen LogP contribution in [0.2, 0.25) is 0 Å². The number of carbonyl (C=O) groups is 2. The predicted octanol–water partition coefficient (Wildman–Crippen LogP) is 3.14. The topological polar surface area (TPSA) is 90.0 Å². The Morgan fingerprint density at radius 2 is 2.04 bits per heavy atom. The van der Waals surface area contributed by atoms with Gasteiger partial charge in [-0.05, 0) is 25.0 Å². The molecule has 8 nitrogen and oxygen atoms in total. The summed E-state index contributed by atoms with van der Waals surface area (Å²) < 4.78 is 15.2. The van der Waals surface area contributed by atoms with Crippen molar-refractivity contribution >= 4 is 29.0 Å². The predicted molar refractivity (Wildman–Crippen MR) is 101 cm³/mol. The molecule has 27 heavy (non-hydrogen) atoms. The van der Waals surface area contributed by atoms with Crippen LogP contribution in [-0.2, 0) is 11.3 Å². The summed E-state index contributed by atoms with van der Waals surface area (Å²) in [6, 6.07) is 5.12. The second kappa shape index (κ2) is 8.26. The Kier molecular flexibility index (Phi) is 5.80. The Morgan fingerprint density at radius 3 is 2.67 bits per heavy atom. The summed E-state index contributed by atoms with van der Waals surface area (Å²) >= 11 is 1.33. The average Bonchev–Trinajstić information content (AvgIpc) is 3.43. The Morgan fingerprint density at radius 1 is 1.26 bits per heavy atom. The molecule has 0 saturated heterocycles. The van der Waals surface area contributed by atoms with Gasteiger partial charge in [-0.3, -0.25) is 0 Å². The number of amides is 2. The standard InChI is InChI=1S/C18H21N3O5S/c1-24-12-6-7-13(15(8-12)25-2)20-18(23)21(11-4-5-11)9-16-19-14(10-27-16)17(22)26-3/h6-8,10-11H,4-5,9H2,1-3H3,(H,20,23). The Balaban J connectivity index is 1.73. The van der Waals surface area contributed by atoms with Crippen LogP contribution in [0.15, 0.2) is 23.6 Å². The number of methoxy groups -OCH3 is 3. The zero-order valence-electron chi connectivity index (χ0n) is 15.4. The van der Waals surface area contributed by atoms with Crippen LogP contribution in [0.25, 0.3) is 0 Å². The molecule has 9 heteroatoms. The molecule has 2 amide bonds. The first-order chi connectivity index (χ1) is 13.0. The molecule has 0 aliphatic heterocycles. The van der Waals surface area contributed by atoms with Gasteiger partial charge in [0.2, 0.25) is 0 Å². The molecule has 1 aliphatic rings. The molecule has 0 radical (unpaired) electrons. The zero-order chi connectivity index (χ0) is 19.4. The fraction of sp³-hybridized carbons (Fsp3) is 0.389. The van der Waals surface area contributed by atoms with E-state index in [0.29, 0.717) is 28.7 Å². The van der Waals surface area contributed by atoms with Gasteiger partial charge >= 0.3 is 12.0 Å². The molecule has 1 heterocycles. The van der Waals surface area contributed by atoms with E-state index in [9.17, 15) is 9.59 Å². The van der Waals surface area contributed by atoms with Crippen molar-refractivity contribution in [2.75, 3.05) is 26.6 Å². The lowest BCUT2D eigenvalue weighted by Crippen LogP contribution is -2.36. The van der Waals surface area contributed by atoms with E-state index in [2.05, 4.69) is 15.0 Å². The van der Waals surface area contributed by atoms with Crippen LogP contribution in [0.1, 0.15) is 28.3 Å². The molecule has 0 spiro atoms. The first-order valence-electron chi connectivity index (χ1n) is 8.38. The van der Waals surface area contributed by atoms with Crippen LogP contribution in [0.3, 0.4) is 0 Å². The highest BCUT2D eigenvalue weighted by Gasteiger charge is 2.33. The van der Waals surface area contributed by atoms with Crippen molar-refractivity contribution in [3.63, 3.8) is 0 Å². The number of thiazole rings is 1. The normalized spacial score (nSPS) is 13.0. The van der Waals surface area contributed by atoms with Crippen molar-refractivity contribution in [2.45, 2.75) is 25.4 Å². The smallest absolute Gasteiger partial charge is 0.357 e. The largest absolute Gasteiger partial charge is 0.497 e. The number of urea groups is 1. The van der Waals surface area contributed by atoms with E-state index in [4.69, 9.17) is 9.47 Å². The fourth-order valence-corrected chi connectivity index (χ4v) is 3.33. The minimum absolute atomic E-state index is 0.166. The summed E-state index contributed by atoms with van der Waals surface area (Å²) in [5, 5.41) is 5.20. The maximum absolute atomic E-state index is 12.8. The fourth-order valence-electron chi connectivity index (χ4n) is 2.57. The van der Waals surface area contributed by atoms with Crippen molar-refractivity contribution in [3.05, 3.63) is 34.3 Å². The van der Waals surface area contributed by atoms with Crippen LogP contribution < -0.4 is 14.8 Å². The number of nitrogens with zero attached hydrogens (tertiary/aromatic N) is 2. The van der Waals surface area contributed by atoms with Crippen molar-refractivity contribution < 1.29 is 23.8 Å². The molecular weight excluding hydrogens is 370 g/mol. The van der Waals surface area contributed by atoms with E-state index in [0.717, 1.165) is 12.8 Å². The van der Waals surface area contributed by atoms with Gasteiger partial charge in [-0.25, -0.2) is 14.6 Å². The second-order valence-corrected chi connectivity index (χ2v) is 6.92. The van der Waals surface area contributed by atoms with Crippen LogP contribution in [0.4, 0.5) is 10.5 Å². The lowest BCUT2D eigenvalue weighted by Gasteiger charge is -2.22. The Hall–Kier alpha value is -2.81. The third kappa shape index (κ3) is 4.48. The molecule has 3 rings (SSSR count). The summed E-state index contributed by atoms with van der Waals surface area (Å²) in [4.78, 5) is 30.4. The number of nitrogens with one attached hydrogen (secondary N) is 1. The van der Waals surface area contributed by atoms with E-state index in [-0.39, 0.29) is 17.8 Å². The minimum Gasteiger partial charge on any atom is -0.497 e. The lowest BCUT2D eigenvalue weighted by molar-refractivity contribution is 0.0594. The van der Waals surface area contributed by atoms with Crippen LogP contribution in [0.5, 0.6) is 11.5 Å². The van der Waals surface area contributed by atoms with E-state index in [1.807, 2.05) is 0 Å². The van der Waals surface area contributed by atoms with Gasteiger partial charge in [0.15, 0.2) is 5.69 Å². The average molecular weight is 391 g/mol. The molecular formula is C18H21N3O5S. The van der Waals surface area contributed by atoms with Crippen molar-refractivity contribution in [1.82, 2.24) is 9.88 Å². The zero-order valence-corrected chi connectivity index (χ0v) is 16.2. The maximum Gasteiger partial charge on any atom is 0.357 e. The van der Waals surface area contributed by atoms with Gasteiger partial charge < -0.3 is 24.4 Å². The third-order valence-electron chi connectivity index (χ3n) is 4.15. The van der Waals surface area contributed by atoms with Gasteiger partial charge in [-0.2, -0.15) is 0 Å². The highest BCUT2D eigenvalue weighted by Crippen LogP contribution is 2.32. The molecule has 1 aliphatic carbocycles. The maximum atomic E-state index is 12.8. The molecule has 144 valence electrons. The first-order valence-corrected chi connectivity index (χ1v) is 9.26. The highest BCUT2D eigenvalue weighted by atomic mass is 32.1. The summed E-state index contributed by atoms with van der Waals surface area (Å²) in [5.74, 6) is 0.672. The number of carbonyl (C=O) groups excluding carboxylic acids is 2. The van der Waals surface area contributed by atoms with Gasteiger partial charge in [0.25, 0.3) is 0 Å². The third-order valence-corrected chi connectivity index (χ3v) is 4.98. The lowest BCUT2D eigenvalue weighted by atomic mass is 10.2. The van der Waals surface area contributed by atoms with Crippen LogP contribution >= 0.6 is 11.3 Å². The number of hydrogen-bond acceptors (Lipinski definition) is 7. The van der Waals surface area contributed by atoms with Gasteiger partial charge in [0.1, 0.15) is 16.5 Å². The molecule has 1 saturated carbocycles. The summed E-state index contributed by atoms with van der Waals surface area (Å²) in [7, 11) is 4.42. The highest BCUT2D eigenvalue weighted by molar-refractivity contribution is 7.09. The SMILES string of the molecule is COC(=O)c1csc(CN(C(=O)Nc2ccc(OC)cc2OC)C2CC2)n1. The van der Waals surface area contributed by atoms with E-state index >= 15 is 0 Å². The number of rotatable bonds is 7. The molecule has 1 fully saturated rings. The van der Waals surface area contributed by atoms with Crippen molar-refractivity contribution in [2.24, 2.45) is 0 Å². The van der Waals surface area contributed by atoms with Crippen molar-refractivity contribution in [3.8, 4) is 11.5 Å². The minimum atomic E-state index is -0.483. The molecule has 1 aromatic carbocycles. The van der Waals surface area contributed by atoms with Gasteiger partial charge in [0.05, 0.1) is 33.6 Å². The summed E-state index contributed by atoms with van der Waals surface area (Å²) in [5.41, 5.74) is 0.814. The Labute approximate surface area is 161 Å². The molecule has 2 aromatic rings. The molecule has 0 unspecified atom stereocenters. The summed E-state index contributed by atoms with van der Waals surface area (Å²) in [6.07, 6.45) is 1.89. The van der Waals surface area contributed by atoms with E-state index < -0.39 is 5.97 Å². The van der Waals surface area contributed by atoms with E-state index in [1.165, 1.54) is 25.6 Å². The first kappa shape index (κ1) is 19.0. The monoisotopic (exact) mass is 391 g/mol. The molecule has 1 aromatic heterocycles. The Bertz CT molecular complexity index is 834. The molecule has 0 atom stereocenters. The van der Waals surface area contributed by atoms with Gasteiger partial charge in [-0.1, -0.05) is 0 Å². The van der Waals surface area contributed by atoms with Crippen molar-refractivity contribution in [1.29, 1.82) is 0 Å². The van der Waals surface area contributed by atoms with Gasteiger partial charge in [0, 0.05) is 17.5 Å². The molecule has 0 bridgehead atoms. The van der Waals surface area contributed by atoms with Crippen LogP contribution in [0, 0.1) is 0 Å². The number of ether oxygens (including phenoxy) is 3. The summed E-state index contributed by atoms with van der Waals surface area (Å²) in [6.45, 7) is 0.330. The quantitative estimate of drug-likeness (QED) is 0.729.